The van der Waals surface area contributed by atoms with Crippen LogP contribution in [0.25, 0.3) is 0 Å². The monoisotopic (exact) mass is 184 g/mol. The zero-order chi connectivity index (χ0) is 9.19. The van der Waals surface area contributed by atoms with Crippen molar-refractivity contribution in [2.45, 2.75) is 25.8 Å². The molecule has 0 amide bonds. The Hall–Kier alpha value is -0.600. The van der Waals surface area contributed by atoms with Gasteiger partial charge < -0.3 is 5.73 Å². The van der Waals surface area contributed by atoms with Gasteiger partial charge in [-0.15, -0.1) is 0 Å². The average Bonchev–Trinajstić information content (AvgIpc) is 1.91. The zero-order valence-corrected chi connectivity index (χ0v) is 8.10. The van der Waals surface area contributed by atoms with Crippen LogP contribution >= 0.6 is 11.6 Å². The highest BCUT2D eigenvalue weighted by molar-refractivity contribution is 6.29. The smallest absolute Gasteiger partial charge is 0.129 e. The van der Waals surface area contributed by atoms with Crippen molar-refractivity contribution < 1.29 is 0 Å². The summed E-state index contributed by atoms with van der Waals surface area (Å²) in [6, 6.07) is 3.73. The molecular formula is C9H13ClN2. The first-order valence-electron chi connectivity index (χ1n) is 3.87. The third-order valence-electron chi connectivity index (χ3n) is 1.45. The second-order valence-electron chi connectivity index (χ2n) is 3.65. The van der Waals surface area contributed by atoms with Gasteiger partial charge in [0.25, 0.3) is 0 Å². The number of rotatable bonds is 2. The molecule has 1 heterocycles. The minimum atomic E-state index is -0.185. The fraction of sp³-hybridized carbons (Fsp3) is 0.444. The van der Waals surface area contributed by atoms with Gasteiger partial charge in [0.05, 0.1) is 0 Å². The van der Waals surface area contributed by atoms with Gasteiger partial charge in [0.1, 0.15) is 5.15 Å². The lowest BCUT2D eigenvalue weighted by atomic mass is 9.98. The molecule has 0 saturated heterocycles. The molecule has 0 unspecified atom stereocenters. The maximum atomic E-state index is 5.84. The van der Waals surface area contributed by atoms with Crippen LogP contribution in [0.4, 0.5) is 0 Å². The van der Waals surface area contributed by atoms with Crippen LogP contribution < -0.4 is 5.73 Å². The molecule has 1 aromatic rings. The molecule has 0 bridgehead atoms. The van der Waals surface area contributed by atoms with E-state index in [-0.39, 0.29) is 5.54 Å². The third kappa shape index (κ3) is 3.20. The second-order valence-corrected chi connectivity index (χ2v) is 4.04. The van der Waals surface area contributed by atoms with Crippen molar-refractivity contribution in [1.82, 2.24) is 4.98 Å². The predicted octanol–water partition coefficient (Wildman–Crippen LogP) is 2.01. The van der Waals surface area contributed by atoms with Gasteiger partial charge >= 0.3 is 0 Å². The summed E-state index contributed by atoms with van der Waals surface area (Å²) in [6.07, 6.45) is 2.58. The highest BCUT2D eigenvalue weighted by Crippen LogP contribution is 2.11. The van der Waals surface area contributed by atoms with Gasteiger partial charge in [-0.3, -0.25) is 0 Å². The van der Waals surface area contributed by atoms with E-state index in [4.69, 9.17) is 17.3 Å². The molecule has 12 heavy (non-hydrogen) atoms. The first-order valence-corrected chi connectivity index (χ1v) is 4.24. The van der Waals surface area contributed by atoms with Crippen molar-refractivity contribution in [1.29, 1.82) is 0 Å². The molecule has 0 aromatic carbocycles. The summed E-state index contributed by atoms with van der Waals surface area (Å²) >= 11 is 5.64. The van der Waals surface area contributed by atoms with E-state index in [1.54, 1.807) is 12.3 Å². The third-order valence-corrected chi connectivity index (χ3v) is 1.67. The molecule has 1 rings (SSSR count). The van der Waals surface area contributed by atoms with Crippen LogP contribution in [0.3, 0.4) is 0 Å². The summed E-state index contributed by atoms with van der Waals surface area (Å²) < 4.78 is 0. The van der Waals surface area contributed by atoms with Crippen molar-refractivity contribution in [3.63, 3.8) is 0 Å². The Kier molecular flexibility index (Phi) is 2.70. The molecule has 0 fully saturated rings. The lowest BCUT2D eigenvalue weighted by Gasteiger charge is -2.17. The van der Waals surface area contributed by atoms with Crippen LogP contribution in [0.1, 0.15) is 19.4 Å². The summed E-state index contributed by atoms with van der Waals surface area (Å²) in [7, 11) is 0. The number of aromatic nitrogens is 1. The lowest BCUT2D eigenvalue weighted by Crippen LogP contribution is -2.34. The number of nitrogens with zero attached hydrogens (tertiary/aromatic N) is 1. The molecule has 0 radical (unpaired) electrons. The molecule has 1 aromatic heterocycles. The maximum Gasteiger partial charge on any atom is 0.129 e. The first kappa shape index (κ1) is 9.49. The highest BCUT2D eigenvalue weighted by Gasteiger charge is 2.11. The summed E-state index contributed by atoms with van der Waals surface area (Å²) in [5, 5.41) is 0.522. The molecule has 0 saturated carbocycles. The number of hydrogen-bond donors (Lipinski definition) is 1. The summed E-state index contributed by atoms with van der Waals surface area (Å²) in [6.45, 7) is 3.98. The standard InChI is InChI=1S/C9H13ClN2/c1-9(2,11)5-7-3-4-8(10)12-6-7/h3-4,6H,5,11H2,1-2H3. The van der Waals surface area contributed by atoms with E-state index in [1.165, 1.54) is 0 Å². The van der Waals surface area contributed by atoms with E-state index in [0.29, 0.717) is 5.15 Å². The average molecular weight is 185 g/mol. The molecule has 2 N–H and O–H groups in total. The number of halogens is 1. The van der Waals surface area contributed by atoms with Crippen LogP contribution in [0.15, 0.2) is 18.3 Å². The SMILES string of the molecule is CC(C)(N)Cc1ccc(Cl)nc1. The van der Waals surface area contributed by atoms with E-state index >= 15 is 0 Å². The second kappa shape index (κ2) is 3.42. The largest absolute Gasteiger partial charge is 0.325 e. The van der Waals surface area contributed by atoms with Gasteiger partial charge in [-0.25, -0.2) is 4.98 Å². The number of nitrogens with two attached hydrogens (primary N) is 1. The Morgan fingerprint density at radius 3 is 2.58 bits per heavy atom. The van der Waals surface area contributed by atoms with Gasteiger partial charge in [0, 0.05) is 11.7 Å². The normalized spacial score (nSPS) is 11.7. The number of pyridine rings is 1. The number of hydrogen-bond acceptors (Lipinski definition) is 2. The molecule has 3 heteroatoms. The Balaban J connectivity index is 2.71. The van der Waals surface area contributed by atoms with E-state index in [0.717, 1.165) is 12.0 Å². The van der Waals surface area contributed by atoms with Gasteiger partial charge in [0.15, 0.2) is 0 Å². The van der Waals surface area contributed by atoms with Crippen LogP contribution in [0.2, 0.25) is 5.15 Å². The van der Waals surface area contributed by atoms with Crippen molar-refractivity contribution in [3.05, 3.63) is 29.0 Å². The summed E-state index contributed by atoms with van der Waals surface area (Å²) in [5.41, 5.74) is 6.78. The van der Waals surface area contributed by atoms with Crippen molar-refractivity contribution in [3.8, 4) is 0 Å². The molecule has 0 aliphatic carbocycles. The van der Waals surface area contributed by atoms with E-state index in [1.807, 2.05) is 19.9 Å². The Bertz CT molecular complexity index is 248. The summed E-state index contributed by atoms with van der Waals surface area (Å²) in [5.74, 6) is 0. The van der Waals surface area contributed by atoms with Crippen molar-refractivity contribution >= 4 is 11.6 Å². The first-order chi connectivity index (χ1) is 5.47. The van der Waals surface area contributed by atoms with Gasteiger partial charge in [-0.2, -0.15) is 0 Å². The van der Waals surface area contributed by atoms with Gasteiger partial charge in [-0.1, -0.05) is 17.7 Å². The summed E-state index contributed by atoms with van der Waals surface area (Å²) in [4.78, 5) is 3.97. The molecule has 0 spiro atoms. The van der Waals surface area contributed by atoms with Crippen LogP contribution in [-0.4, -0.2) is 10.5 Å². The minimum absolute atomic E-state index is 0.185. The van der Waals surface area contributed by atoms with E-state index < -0.39 is 0 Å². The Morgan fingerprint density at radius 2 is 2.17 bits per heavy atom. The quantitative estimate of drug-likeness (QED) is 0.715. The zero-order valence-electron chi connectivity index (χ0n) is 7.34. The lowest BCUT2D eigenvalue weighted by molar-refractivity contribution is 0.516. The molecule has 0 aliphatic heterocycles. The molecule has 0 aliphatic rings. The maximum absolute atomic E-state index is 5.84. The van der Waals surface area contributed by atoms with Gasteiger partial charge in [0.2, 0.25) is 0 Å². The molecule has 0 atom stereocenters. The topological polar surface area (TPSA) is 38.9 Å². The fourth-order valence-electron chi connectivity index (χ4n) is 1.04. The van der Waals surface area contributed by atoms with Gasteiger partial charge in [-0.05, 0) is 31.9 Å². The van der Waals surface area contributed by atoms with Crippen molar-refractivity contribution in [2.24, 2.45) is 5.73 Å². The minimum Gasteiger partial charge on any atom is -0.325 e. The predicted molar refractivity (Wildman–Crippen MR) is 51.2 cm³/mol. The van der Waals surface area contributed by atoms with Crippen LogP contribution in [0, 0.1) is 0 Å². The van der Waals surface area contributed by atoms with E-state index in [2.05, 4.69) is 4.98 Å². The van der Waals surface area contributed by atoms with Crippen molar-refractivity contribution in [2.75, 3.05) is 0 Å². The fourth-order valence-corrected chi connectivity index (χ4v) is 1.15. The Morgan fingerprint density at radius 1 is 1.50 bits per heavy atom. The Labute approximate surface area is 77.8 Å². The molecular weight excluding hydrogens is 172 g/mol. The molecule has 2 nitrogen and oxygen atoms in total. The van der Waals surface area contributed by atoms with E-state index in [9.17, 15) is 0 Å². The molecule has 66 valence electrons. The van der Waals surface area contributed by atoms with Crippen LogP contribution in [0.5, 0.6) is 0 Å². The van der Waals surface area contributed by atoms with Crippen LogP contribution in [-0.2, 0) is 6.42 Å². The highest BCUT2D eigenvalue weighted by atomic mass is 35.5.